The number of nitrogens with zero attached hydrogens (tertiary/aromatic N) is 1. The molecule has 0 spiro atoms. The zero-order valence-corrected chi connectivity index (χ0v) is 9.80. The molecule has 0 saturated heterocycles. The molecule has 1 aromatic rings. The minimum absolute atomic E-state index is 0.111. The van der Waals surface area contributed by atoms with E-state index < -0.39 is 23.9 Å². The molecule has 98 valence electrons. The van der Waals surface area contributed by atoms with Crippen LogP contribution in [0.2, 0.25) is 0 Å². The number of aliphatic hydroxyl groups excluding tert-OH is 1. The number of ether oxygens (including phenoxy) is 1. The van der Waals surface area contributed by atoms with Gasteiger partial charge < -0.3 is 15.6 Å². The predicted molar refractivity (Wildman–Crippen MR) is 61.1 cm³/mol. The highest BCUT2D eigenvalue weighted by molar-refractivity contribution is 5.82. The fourth-order valence-electron chi connectivity index (χ4n) is 2.28. The number of primary amides is 1. The van der Waals surface area contributed by atoms with Crippen LogP contribution in [0.25, 0.3) is 0 Å². The lowest BCUT2D eigenvalue weighted by molar-refractivity contribution is -0.120. The predicted octanol–water partition coefficient (Wildman–Crippen LogP) is 0.633. The second-order valence-electron chi connectivity index (χ2n) is 4.22. The maximum atomic E-state index is 13.2. The highest BCUT2D eigenvalue weighted by Gasteiger charge is 2.32. The van der Waals surface area contributed by atoms with Crippen molar-refractivity contribution in [1.82, 2.24) is 4.98 Å². The third kappa shape index (κ3) is 2.49. The summed E-state index contributed by atoms with van der Waals surface area (Å²) in [6.07, 6.45) is 0.696. The Morgan fingerprint density at radius 2 is 2.33 bits per heavy atom. The first kappa shape index (κ1) is 12.9. The van der Waals surface area contributed by atoms with E-state index in [2.05, 4.69) is 4.98 Å². The summed E-state index contributed by atoms with van der Waals surface area (Å²) in [5.74, 6) is -1.50. The highest BCUT2D eigenvalue weighted by Crippen LogP contribution is 2.38. The molecule has 0 radical (unpaired) electrons. The number of rotatable bonds is 4. The number of hydrogen-bond acceptors (Lipinski definition) is 4. The summed E-state index contributed by atoms with van der Waals surface area (Å²) in [5.41, 5.74) is 6.36. The van der Waals surface area contributed by atoms with Crippen LogP contribution in [-0.4, -0.2) is 29.2 Å². The van der Waals surface area contributed by atoms with Crippen molar-refractivity contribution >= 4 is 5.91 Å². The Morgan fingerprint density at radius 3 is 3.00 bits per heavy atom. The Bertz CT molecular complexity index is 453. The molecule has 5 nitrogen and oxygen atoms in total. The average Bonchev–Trinajstić information content (AvgIpc) is 2.35. The summed E-state index contributed by atoms with van der Waals surface area (Å²) < 4.78 is 18.6. The van der Waals surface area contributed by atoms with E-state index in [1.165, 1.54) is 12.1 Å². The van der Waals surface area contributed by atoms with Gasteiger partial charge in [0.1, 0.15) is 0 Å². The lowest BCUT2D eigenvalue weighted by atomic mass is 9.83. The lowest BCUT2D eigenvalue weighted by Gasteiger charge is -2.28. The zero-order valence-electron chi connectivity index (χ0n) is 9.80. The first-order valence-electron chi connectivity index (χ1n) is 5.81. The zero-order chi connectivity index (χ0) is 13.1. The summed E-state index contributed by atoms with van der Waals surface area (Å²) in [6.45, 7) is 0.0456. The third-order valence-electron chi connectivity index (χ3n) is 3.08. The number of amides is 1. The Hall–Kier alpha value is -1.53. The monoisotopic (exact) mass is 254 g/mol. The summed E-state index contributed by atoms with van der Waals surface area (Å²) in [5, 5.41) is 8.75. The molecule has 0 aliphatic heterocycles. The first-order chi connectivity index (χ1) is 8.63. The molecule has 0 fully saturated rings. The lowest BCUT2D eigenvalue weighted by Crippen LogP contribution is -2.28. The summed E-state index contributed by atoms with van der Waals surface area (Å²) >= 11 is 0. The highest BCUT2D eigenvalue weighted by atomic mass is 19.1. The van der Waals surface area contributed by atoms with Crippen LogP contribution in [0, 0.1) is 5.95 Å². The van der Waals surface area contributed by atoms with Crippen LogP contribution in [0.3, 0.4) is 0 Å². The smallest absolute Gasteiger partial charge is 0.225 e. The first-order valence-corrected chi connectivity index (χ1v) is 5.81. The number of pyridine rings is 1. The summed E-state index contributed by atoms with van der Waals surface area (Å²) in [6, 6.07) is 2.74. The average molecular weight is 254 g/mol. The standard InChI is InChI=1S/C12H15FN2O3/c13-10-4-2-7-8(12(14)17)1-3-9(11(7)15-10)18-6-5-16/h2,4,8-9,16H,1,3,5-6H2,(H2,14,17). The van der Waals surface area contributed by atoms with Gasteiger partial charge in [0.2, 0.25) is 11.9 Å². The van der Waals surface area contributed by atoms with Gasteiger partial charge in [0.25, 0.3) is 0 Å². The van der Waals surface area contributed by atoms with Crippen molar-refractivity contribution in [2.75, 3.05) is 13.2 Å². The Kier molecular flexibility index (Phi) is 3.88. The quantitative estimate of drug-likeness (QED) is 0.772. The van der Waals surface area contributed by atoms with Crippen LogP contribution in [0.5, 0.6) is 0 Å². The fourth-order valence-corrected chi connectivity index (χ4v) is 2.28. The number of fused-ring (bicyclic) bond motifs is 1. The van der Waals surface area contributed by atoms with Crippen LogP contribution >= 0.6 is 0 Å². The van der Waals surface area contributed by atoms with Crippen molar-refractivity contribution in [2.24, 2.45) is 5.73 Å². The van der Waals surface area contributed by atoms with Crippen molar-refractivity contribution in [3.8, 4) is 0 Å². The van der Waals surface area contributed by atoms with Gasteiger partial charge in [-0.05, 0) is 24.5 Å². The number of hydrogen-bond donors (Lipinski definition) is 2. The van der Waals surface area contributed by atoms with Crippen molar-refractivity contribution in [3.63, 3.8) is 0 Å². The van der Waals surface area contributed by atoms with E-state index in [0.717, 1.165) is 0 Å². The minimum atomic E-state index is -0.614. The molecule has 1 aliphatic carbocycles. The molecular formula is C12H15FN2O3. The molecule has 1 aromatic heterocycles. The maximum Gasteiger partial charge on any atom is 0.225 e. The van der Waals surface area contributed by atoms with Gasteiger partial charge in [-0.15, -0.1) is 0 Å². The summed E-state index contributed by atoms with van der Waals surface area (Å²) in [7, 11) is 0. The van der Waals surface area contributed by atoms with Gasteiger partial charge in [-0.25, -0.2) is 4.98 Å². The van der Waals surface area contributed by atoms with Crippen LogP contribution in [-0.2, 0) is 9.53 Å². The van der Waals surface area contributed by atoms with E-state index >= 15 is 0 Å². The number of aromatic nitrogens is 1. The van der Waals surface area contributed by atoms with Crippen LogP contribution in [0.1, 0.15) is 36.1 Å². The van der Waals surface area contributed by atoms with Gasteiger partial charge in [0.05, 0.1) is 30.9 Å². The number of carbonyl (C=O) groups excluding carboxylic acids is 1. The van der Waals surface area contributed by atoms with E-state index in [4.69, 9.17) is 15.6 Å². The van der Waals surface area contributed by atoms with E-state index in [-0.39, 0.29) is 13.2 Å². The van der Waals surface area contributed by atoms with Crippen molar-refractivity contribution in [1.29, 1.82) is 0 Å². The van der Waals surface area contributed by atoms with Gasteiger partial charge in [-0.3, -0.25) is 4.79 Å². The Morgan fingerprint density at radius 1 is 1.56 bits per heavy atom. The van der Waals surface area contributed by atoms with Crippen LogP contribution in [0.15, 0.2) is 12.1 Å². The minimum Gasteiger partial charge on any atom is -0.394 e. The molecular weight excluding hydrogens is 239 g/mol. The molecule has 0 bridgehead atoms. The molecule has 2 unspecified atom stereocenters. The van der Waals surface area contributed by atoms with Crippen LogP contribution in [0.4, 0.5) is 4.39 Å². The second-order valence-corrected chi connectivity index (χ2v) is 4.22. The van der Waals surface area contributed by atoms with Crippen LogP contribution < -0.4 is 5.73 Å². The Balaban J connectivity index is 2.33. The molecule has 1 aliphatic rings. The molecule has 0 saturated carbocycles. The molecule has 1 heterocycles. The summed E-state index contributed by atoms with van der Waals surface area (Å²) in [4.78, 5) is 15.1. The van der Waals surface area contributed by atoms with Gasteiger partial charge in [0.15, 0.2) is 0 Å². The van der Waals surface area contributed by atoms with E-state index in [1.54, 1.807) is 0 Å². The van der Waals surface area contributed by atoms with Gasteiger partial charge >= 0.3 is 0 Å². The number of nitrogens with two attached hydrogens (primary N) is 1. The number of carbonyl (C=O) groups is 1. The second kappa shape index (κ2) is 5.41. The van der Waals surface area contributed by atoms with Gasteiger partial charge in [-0.2, -0.15) is 4.39 Å². The number of halogens is 1. The van der Waals surface area contributed by atoms with Crippen molar-refractivity contribution in [2.45, 2.75) is 24.9 Å². The van der Waals surface area contributed by atoms with Gasteiger partial charge in [0, 0.05) is 0 Å². The molecule has 2 atom stereocenters. The number of aliphatic hydroxyl groups is 1. The molecule has 18 heavy (non-hydrogen) atoms. The fraction of sp³-hybridized carbons (Fsp3) is 0.500. The molecule has 3 N–H and O–H groups in total. The normalized spacial score (nSPS) is 22.6. The topological polar surface area (TPSA) is 85.4 Å². The van der Waals surface area contributed by atoms with Crippen molar-refractivity contribution in [3.05, 3.63) is 29.3 Å². The largest absolute Gasteiger partial charge is 0.394 e. The van der Waals surface area contributed by atoms with Gasteiger partial charge in [-0.1, -0.05) is 6.07 Å². The molecule has 0 aromatic carbocycles. The van der Waals surface area contributed by atoms with E-state index in [9.17, 15) is 9.18 Å². The van der Waals surface area contributed by atoms with E-state index in [1.807, 2.05) is 0 Å². The van der Waals surface area contributed by atoms with Crippen molar-refractivity contribution < 1.29 is 19.0 Å². The Labute approximate surface area is 104 Å². The molecule has 1 amide bonds. The van der Waals surface area contributed by atoms with E-state index in [0.29, 0.717) is 24.1 Å². The third-order valence-corrected chi connectivity index (χ3v) is 3.08. The molecule has 6 heteroatoms. The maximum absolute atomic E-state index is 13.2. The SMILES string of the molecule is NC(=O)C1CCC(OCCO)c2nc(F)ccc21. The molecule has 2 rings (SSSR count).